The fourth-order valence-electron chi connectivity index (χ4n) is 6.69. The Bertz CT molecular complexity index is 2260. The quantitative estimate of drug-likeness (QED) is 0.164. The largest absolute Gasteiger partial charge is 0.457 e. The van der Waals surface area contributed by atoms with Gasteiger partial charge in [0.1, 0.15) is 17.3 Å². The van der Waals surface area contributed by atoms with Crippen molar-refractivity contribution in [3.8, 4) is 51.0 Å². The molecule has 0 saturated carbocycles. The van der Waals surface area contributed by atoms with Crippen LogP contribution in [0.15, 0.2) is 134 Å². The van der Waals surface area contributed by atoms with E-state index in [-0.39, 0.29) is 5.41 Å². The Morgan fingerprint density at radius 1 is 0.580 bits per heavy atom. The lowest BCUT2D eigenvalue weighted by molar-refractivity contribution is 0.479. The summed E-state index contributed by atoms with van der Waals surface area (Å²) in [6.07, 6.45) is 1.89. The molecule has 4 nitrogen and oxygen atoms in total. The van der Waals surface area contributed by atoms with Gasteiger partial charge in [-0.05, 0) is 99.7 Å². The lowest BCUT2D eigenvalue weighted by atomic mass is 9.85. The van der Waals surface area contributed by atoms with E-state index in [1.165, 1.54) is 27.9 Å². The number of nitrogens with zero attached hydrogens (tertiary/aromatic N) is 3. The lowest BCUT2D eigenvalue weighted by Gasteiger charge is -2.23. The Hall–Kier alpha value is -5.48. The van der Waals surface area contributed by atoms with Crippen LogP contribution >= 0.6 is 0 Å². The number of rotatable bonds is 8. The maximum atomic E-state index is 6.73. The Kier molecular flexibility index (Phi) is 8.88. The first-order valence-corrected chi connectivity index (χ1v) is 17.6. The summed E-state index contributed by atoms with van der Waals surface area (Å²) in [6.45, 7) is 15.8. The van der Waals surface area contributed by atoms with E-state index in [0.29, 0.717) is 11.8 Å². The van der Waals surface area contributed by atoms with E-state index in [4.69, 9.17) is 14.7 Å². The van der Waals surface area contributed by atoms with Crippen LogP contribution in [-0.4, -0.2) is 14.5 Å². The fraction of sp³-hybridized carbons (Fsp3) is 0.217. The standard InChI is InChI=1S/C46H45N3O/c1-30(2)39-19-14-20-40(31(3)4)44(39)49-43-22-12-11-21-41(43)48-45(49)34-17-13-18-37(26-34)50-38-27-35(25-36(29-38)46(5,6)7)42-28-33(23-24-47-42)32-15-9-8-10-16-32/h8-31H,1-7H3. The molecule has 5 aromatic carbocycles. The number of para-hydroxylation sites is 3. The molecule has 250 valence electrons. The van der Waals surface area contributed by atoms with Gasteiger partial charge >= 0.3 is 0 Å². The highest BCUT2D eigenvalue weighted by atomic mass is 16.5. The van der Waals surface area contributed by atoms with Gasteiger partial charge in [-0.25, -0.2) is 4.98 Å². The van der Waals surface area contributed by atoms with E-state index >= 15 is 0 Å². The molecule has 7 aromatic rings. The van der Waals surface area contributed by atoms with Gasteiger partial charge in [-0.3, -0.25) is 9.55 Å². The monoisotopic (exact) mass is 655 g/mol. The zero-order valence-corrected chi connectivity index (χ0v) is 30.1. The predicted octanol–water partition coefficient (Wildman–Crippen LogP) is 12.8. The predicted molar refractivity (Wildman–Crippen MR) is 209 cm³/mol. The Morgan fingerprint density at radius 2 is 1.24 bits per heavy atom. The molecule has 0 aliphatic heterocycles. The van der Waals surface area contributed by atoms with Crippen LogP contribution in [-0.2, 0) is 5.41 Å². The Labute approximate surface area is 296 Å². The highest BCUT2D eigenvalue weighted by Crippen LogP contribution is 2.39. The first-order chi connectivity index (χ1) is 24.1. The average Bonchev–Trinajstić information content (AvgIpc) is 3.51. The smallest absolute Gasteiger partial charge is 0.145 e. The van der Waals surface area contributed by atoms with Crippen LogP contribution in [0.2, 0.25) is 0 Å². The molecule has 0 radical (unpaired) electrons. The molecule has 0 fully saturated rings. The third-order valence-electron chi connectivity index (χ3n) is 9.39. The normalized spacial score (nSPS) is 11.9. The van der Waals surface area contributed by atoms with Crippen LogP contribution in [0, 0.1) is 0 Å². The molecule has 2 heterocycles. The summed E-state index contributed by atoms with van der Waals surface area (Å²) in [5.41, 5.74) is 12.2. The summed E-state index contributed by atoms with van der Waals surface area (Å²) in [6, 6.07) is 44.6. The molecule has 0 saturated heterocycles. The number of pyridine rings is 1. The van der Waals surface area contributed by atoms with Gasteiger partial charge < -0.3 is 4.74 Å². The van der Waals surface area contributed by atoms with Crippen molar-refractivity contribution in [3.05, 3.63) is 150 Å². The lowest BCUT2D eigenvalue weighted by Crippen LogP contribution is -2.11. The Morgan fingerprint density at radius 3 is 1.96 bits per heavy atom. The minimum absolute atomic E-state index is 0.0875. The second kappa shape index (κ2) is 13.4. The van der Waals surface area contributed by atoms with E-state index in [0.717, 1.165) is 50.7 Å². The van der Waals surface area contributed by atoms with Crippen LogP contribution in [0.4, 0.5) is 0 Å². The van der Waals surface area contributed by atoms with Gasteiger partial charge in [0.05, 0.1) is 22.4 Å². The number of aromatic nitrogens is 3. The van der Waals surface area contributed by atoms with Crippen LogP contribution < -0.4 is 4.74 Å². The van der Waals surface area contributed by atoms with Crippen LogP contribution in [0.1, 0.15) is 77.0 Å². The molecule has 0 aliphatic rings. The molecular formula is C46H45N3O. The average molecular weight is 656 g/mol. The number of hydrogen-bond donors (Lipinski definition) is 0. The van der Waals surface area contributed by atoms with Gasteiger partial charge in [0.25, 0.3) is 0 Å². The second-order valence-corrected chi connectivity index (χ2v) is 14.8. The van der Waals surface area contributed by atoms with E-state index in [1.807, 2.05) is 18.3 Å². The zero-order chi connectivity index (χ0) is 35.0. The van der Waals surface area contributed by atoms with Gasteiger partial charge in [0, 0.05) is 17.3 Å². The molecule has 50 heavy (non-hydrogen) atoms. The molecule has 4 heteroatoms. The molecule has 0 atom stereocenters. The van der Waals surface area contributed by atoms with E-state index < -0.39 is 0 Å². The van der Waals surface area contributed by atoms with Crippen molar-refractivity contribution in [3.63, 3.8) is 0 Å². The zero-order valence-electron chi connectivity index (χ0n) is 30.1. The summed E-state index contributed by atoms with van der Waals surface area (Å²) in [5.74, 6) is 3.12. The minimum atomic E-state index is -0.0875. The summed E-state index contributed by atoms with van der Waals surface area (Å²) in [4.78, 5) is 10.0. The van der Waals surface area contributed by atoms with Gasteiger partial charge in [0.15, 0.2) is 0 Å². The molecule has 0 spiro atoms. The fourth-order valence-corrected chi connectivity index (χ4v) is 6.69. The molecule has 0 bridgehead atoms. The summed E-state index contributed by atoms with van der Waals surface area (Å²) < 4.78 is 9.10. The second-order valence-electron chi connectivity index (χ2n) is 14.8. The van der Waals surface area contributed by atoms with Crippen molar-refractivity contribution in [2.24, 2.45) is 0 Å². The highest BCUT2D eigenvalue weighted by Gasteiger charge is 2.23. The topological polar surface area (TPSA) is 39.9 Å². The van der Waals surface area contributed by atoms with Gasteiger partial charge in [-0.1, -0.05) is 121 Å². The van der Waals surface area contributed by atoms with Crippen molar-refractivity contribution in [1.29, 1.82) is 0 Å². The van der Waals surface area contributed by atoms with Gasteiger partial charge in [-0.2, -0.15) is 0 Å². The third kappa shape index (κ3) is 6.58. The summed E-state index contributed by atoms with van der Waals surface area (Å²) in [7, 11) is 0. The highest BCUT2D eigenvalue weighted by molar-refractivity contribution is 5.84. The number of hydrogen-bond acceptors (Lipinski definition) is 3. The van der Waals surface area contributed by atoms with Gasteiger partial charge in [-0.15, -0.1) is 0 Å². The summed E-state index contributed by atoms with van der Waals surface area (Å²) in [5, 5.41) is 0. The first-order valence-electron chi connectivity index (χ1n) is 17.6. The maximum Gasteiger partial charge on any atom is 0.145 e. The van der Waals surface area contributed by atoms with Crippen molar-refractivity contribution >= 4 is 11.0 Å². The van der Waals surface area contributed by atoms with Crippen LogP contribution in [0.25, 0.3) is 50.5 Å². The minimum Gasteiger partial charge on any atom is -0.457 e. The molecule has 0 aliphatic carbocycles. The number of ether oxygens (including phenoxy) is 1. The van der Waals surface area contributed by atoms with E-state index in [2.05, 4.69) is 168 Å². The molecule has 0 amide bonds. The third-order valence-corrected chi connectivity index (χ3v) is 9.39. The number of imidazole rings is 1. The number of benzene rings is 5. The van der Waals surface area contributed by atoms with Crippen molar-refractivity contribution in [2.45, 2.75) is 65.7 Å². The van der Waals surface area contributed by atoms with Crippen molar-refractivity contribution in [1.82, 2.24) is 14.5 Å². The molecule has 0 unspecified atom stereocenters. The maximum absolute atomic E-state index is 6.73. The van der Waals surface area contributed by atoms with Crippen LogP contribution in [0.3, 0.4) is 0 Å². The Balaban J connectivity index is 1.33. The summed E-state index contributed by atoms with van der Waals surface area (Å²) >= 11 is 0. The van der Waals surface area contributed by atoms with E-state index in [1.54, 1.807) is 0 Å². The van der Waals surface area contributed by atoms with Crippen molar-refractivity contribution < 1.29 is 4.74 Å². The number of fused-ring (bicyclic) bond motifs is 1. The molecule has 0 N–H and O–H groups in total. The SMILES string of the molecule is CC(C)c1cccc(C(C)C)c1-n1c(-c2cccc(Oc3cc(-c4cc(-c5ccccc5)ccn4)cc(C(C)(C)C)c3)c2)nc2ccccc21. The molecule has 2 aromatic heterocycles. The molecular weight excluding hydrogens is 611 g/mol. The van der Waals surface area contributed by atoms with Crippen molar-refractivity contribution in [2.75, 3.05) is 0 Å². The first kappa shape index (κ1) is 33.0. The van der Waals surface area contributed by atoms with E-state index in [9.17, 15) is 0 Å². The van der Waals surface area contributed by atoms with Gasteiger partial charge in [0.2, 0.25) is 0 Å². The van der Waals surface area contributed by atoms with Crippen LogP contribution in [0.5, 0.6) is 11.5 Å². The molecule has 7 rings (SSSR count).